The fourth-order valence-corrected chi connectivity index (χ4v) is 3.81. The third-order valence-electron chi connectivity index (χ3n) is 5.06. The Balaban J connectivity index is 2.19. The van der Waals surface area contributed by atoms with E-state index in [1.54, 1.807) is 23.1 Å². The van der Waals surface area contributed by atoms with Gasteiger partial charge in [-0.05, 0) is 42.5 Å². The summed E-state index contributed by atoms with van der Waals surface area (Å²) in [6.45, 7) is 5.10. The molecular weight excluding hydrogens is 419 g/mol. The Labute approximate surface area is 189 Å². The van der Waals surface area contributed by atoms with E-state index in [-0.39, 0.29) is 18.2 Å². The van der Waals surface area contributed by atoms with Crippen molar-refractivity contribution in [3.63, 3.8) is 0 Å². The minimum atomic E-state index is -0.510. The summed E-state index contributed by atoms with van der Waals surface area (Å²) in [5.74, 6) is -0.220. The molecule has 2 rings (SSSR count). The smallest absolute Gasteiger partial charge is 0.242 e. The van der Waals surface area contributed by atoms with E-state index >= 15 is 0 Å². The minimum absolute atomic E-state index is 0.102. The van der Waals surface area contributed by atoms with Gasteiger partial charge in [0, 0.05) is 23.1 Å². The number of nitrogens with one attached hydrogen (secondary N) is 1. The summed E-state index contributed by atoms with van der Waals surface area (Å²) < 4.78 is 0. The van der Waals surface area contributed by atoms with E-state index in [4.69, 9.17) is 23.2 Å². The number of carbonyl (C=O) groups excluding carboxylic acids is 2. The fourth-order valence-electron chi connectivity index (χ4n) is 3.33. The topological polar surface area (TPSA) is 49.4 Å². The number of nitrogens with zero attached hydrogens (tertiary/aromatic N) is 1. The summed E-state index contributed by atoms with van der Waals surface area (Å²) in [7, 11) is 0. The van der Waals surface area contributed by atoms with E-state index in [1.165, 1.54) is 0 Å². The first-order valence-electron chi connectivity index (χ1n) is 10.5. The van der Waals surface area contributed by atoms with Crippen molar-refractivity contribution in [1.29, 1.82) is 0 Å². The van der Waals surface area contributed by atoms with Crippen LogP contribution in [-0.2, 0) is 22.4 Å². The predicted octanol–water partition coefficient (Wildman–Crippen LogP) is 5.30. The van der Waals surface area contributed by atoms with Gasteiger partial charge in [-0.2, -0.15) is 0 Å². The number of halogens is 2. The molecule has 30 heavy (non-hydrogen) atoms. The molecule has 2 aromatic carbocycles. The number of rotatable bonds is 11. The average molecular weight is 449 g/mol. The van der Waals surface area contributed by atoms with E-state index in [2.05, 4.69) is 12.2 Å². The van der Waals surface area contributed by atoms with Gasteiger partial charge in [0.15, 0.2) is 0 Å². The molecule has 0 saturated heterocycles. The van der Waals surface area contributed by atoms with E-state index < -0.39 is 6.04 Å². The molecule has 0 spiro atoms. The first-order chi connectivity index (χ1) is 14.5. The van der Waals surface area contributed by atoms with Crippen molar-refractivity contribution in [2.45, 2.75) is 52.0 Å². The number of unbranched alkanes of at least 4 members (excludes halogenated alkanes) is 1. The van der Waals surface area contributed by atoms with Crippen LogP contribution < -0.4 is 5.32 Å². The first-order valence-corrected chi connectivity index (χ1v) is 11.3. The maximum absolute atomic E-state index is 13.3. The van der Waals surface area contributed by atoms with Gasteiger partial charge in [0.05, 0.1) is 6.42 Å². The Morgan fingerprint density at radius 2 is 1.80 bits per heavy atom. The summed E-state index contributed by atoms with van der Waals surface area (Å²) in [5, 5.41) is 3.96. The highest BCUT2D eigenvalue weighted by Crippen LogP contribution is 2.22. The van der Waals surface area contributed by atoms with Crippen LogP contribution in [0.3, 0.4) is 0 Å². The second kappa shape index (κ2) is 12.6. The van der Waals surface area contributed by atoms with Gasteiger partial charge in [-0.3, -0.25) is 9.59 Å². The summed E-state index contributed by atoms with van der Waals surface area (Å²) in [6.07, 6.45) is 3.28. The Morgan fingerprint density at radius 1 is 1.07 bits per heavy atom. The molecule has 162 valence electrons. The van der Waals surface area contributed by atoms with Crippen LogP contribution >= 0.6 is 23.2 Å². The summed E-state index contributed by atoms with van der Waals surface area (Å²) in [4.78, 5) is 27.8. The largest absolute Gasteiger partial charge is 0.354 e. The van der Waals surface area contributed by atoms with E-state index in [0.717, 1.165) is 18.4 Å². The number of benzene rings is 2. The van der Waals surface area contributed by atoms with Gasteiger partial charge >= 0.3 is 0 Å². The molecule has 0 radical (unpaired) electrons. The normalized spacial score (nSPS) is 11.7. The highest BCUT2D eigenvalue weighted by molar-refractivity contribution is 6.35. The van der Waals surface area contributed by atoms with Crippen molar-refractivity contribution in [1.82, 2.24) is 10.2 Å². The Morgan fingerprint density at radius 3 is 2.43 bits per heavy atom. The standard InChI is InChI=1S/C24H30Cl2N2O2/c1-3-5-14-27-24(30)22(4-2)28(15-13-18-9-7-6-8-10-18)23(29)16-19-11-12-20(25)17-21(19)26/h6-12,17,22H,3-5,13-16H2,1-2H3,(H,27,30)/t22-/m1/s1. The zero-order chi connectivity index (χ0) is 21.9. The molecule has 0 saturated carbocycles. The molecule has 0 aromatic heterocycles. The first kappa shape index (κ1) is 24.2. The quantitative estimate of drug-likeness (QED) is 0.473. The van der Waals surface area contributed by atoms with Gasteiger partial charge in [0.25, 0.3) is 0 Å². The van der Waals surface area contributed by atoms with E-state index in [0.29, 0.717) is 41.5 Å². The highest BCUT2D eigenvalue weighted by Gasteiger charge is 2.28. The van der Waals surface area contributed by atoms with E-state index in [9.17, 15) is 9.59 Å². The van der Waals surface area contributed by atoms with Crippen LogP contribution in [0.5, 0.6) is 0 Å². The molecule has 6 heteroatoms. The molecule has 0 fully saturated rings. The maximum atomic E-state index is 13.3. The lowest BCUT2D eigenvalue weighted by molar-refractivity contribution is -0.140. The van der Waals surface area contributed by atoms with Crippen molar-refractivity contribution < 1.29 is 9.59 Å². The van der Waals surface area contributed by atoms with Gasteiger partial charge in [0.2, 0.25) is 11.8 Å². The molecule has 0 bridgehead atoms. The molecule has 0 aliphatic carbocycles. The number of hydrogen-bond donors (Lipinski definition) is 1. The van der Waals surface area contributed by atoms with Crippen LogP contribution in [0.4, 0.5) is 0 Å². The molecule has 0 heterocycles. The van der Waals surface area contributed by atoms with Crippen molar-refractivity contribution >= 4 is 35.0 Å². The third-order valence-corrected chi connectivity index (χ3v) is 5.64. The van der Waals surface area contributed by atoms with Crippen LogP contribution in [0.1, 0.15) is 44.2 Å². The number of carbonyl (C=O) groups is 2. The molecule has 0 unspecified atom stereocenters. The predicted molar refractivity (Wildman–Crippen MR) is 124 cm³/mol. The van der Waals surface area contributed by atoms with Crippen LogP contribution in [0.25, 0.3) is 0 Å². The zero-order valence-corrected chi connectivity index (χ0v) is 19.2. The third kappa shape index (κ3) is 7.33. The zero-order valence-electron chi connectivity index (χ0n) is 17.7. The average Bonchev–Trinajstić information content (AvgIpc) is 2.73. The van der Waals surface area contributed by atoms with Crippen molar-refractivity contribution in [3.05, 3.63) is 69.7 Å². The Hall–Kier alpha value is -2.04. The van der Waals surface area contributed by atoms with Crippen molar-refractivity contribution in [3.8, 4) is 0 Å². The second-order valence-electron chi connectivity index (χ2n) is 7.30. The summed E-state index contributed by atoms with van der Waals surface area (Å²) in [6, 6.07) is 14.6. The molecule has 2 amide bonds. The molecule has 0 aliphatic heterocycles. The molecule has 2 aromatic rings. The maximum Gasteiger partial charge on any atom is 0.242 e. The lowest BCUT2D eigenvalue weighted by atomic mass is 10.1. The van der Waals surface area contributed by atoms with Gasteiger partial charge in [0.1, 0.15) is 6.04 Å². The van der Waals surface area contributed by atoms with Gasteiger partial charge in [-0.1, -0.05) is 79.9 Å². The monoisotopic (exact) mass is 448 g/mol. The molecule has 0 aliphatic rings. The van der Waals surface area contributed by atoms with E-state index in [1.807, 2.05) is 37.3 Å². The SMILES string of the molecule is CCCCNC(=O)[C@@H](CC)N(CCc1ccccc1)C(=O)Cc1ccc(Cl)cc1Cl. The molecule has 1 atom stereocenters. The van der Waals surface area contributed by atoms with Crippen LogP contribution in [-0.4, -0.2) is 35.8 Å². The lowest BCUT2D eigenvalue weighted by Crippen LogP contribution is -2.50. The fraction of sp³-hybridized carbons (Fsp3) is 0.417. The van der Waals surface area contributed by atoms with Crippen molar-refractivity contribution in [2.24, 2.45) is 0 Å². The van der Waals surface area contributed by atoms with Crippen LogP contribution in [0, 0.1) is 0 Å². The number of amides is 2. The number of hydrogen-bond acceptors (Lipinski definition) is 2. The molecule has 1 N–H and O–H groups in total. The summed E-state index contributed by atoms with van der Waals surface area (Å²) in [5.41, 5.74) is 1.83. The molecular formula is C24H30Cl2N2O2. The van der Waals surface area contributed by atoms with Gasteiger partial charge in [-0.25, -0.2) is 0 Å². The van der Waals surface area contributed by atoms with Crippen molar-refractivity contribution in [2.75, 3.05) is 13.1 Å². The molecule has 4 nitrogen and oxygen atoms in total. The summed E-state index contributed by atoms with van der Waals surface area (Å²) >= 11 is 12.3. The van der Waals surface area contributed by atoms with Crippen LogP contribution in [0.2, 0.25) is 10.0 Å². The highest BCUT2D eigenvalue weighted by atomic mass is 35.5. The van der Waals surface area contributed by atoms with Gasteiger partial charge < -0.3 is 10.2 Å². The lowest BCUT2D eigenvalue weighted by Gasteiger charge is -2.31. The van der Waals surface area contributed by atoms with Crippen LogP contribution in [0.15, 0.2) is 48.5 Å². The second-order valence-corrected chi connectivity index (χ2v) is 8.15. The van der Waals surface area contributed by atoms with Gasteiger partial charge in [-0.15, -0.1) is 0 Å². The Kier molecular flexibility index (Phi) is 10.2. The minimum Gasteiger partial charge on any atom is -0.354 e. The Bertz CT molecular complexity index is 827.